The molecule has 1 atom stereocenters. The van der Waals surface area contributed by atoms with Gasteiger partial charge in [0.1, 0.15) is 5.82 Å². The number of methoxy groups -OCH3 is 1. The molecular weight excluding hydrogens is 259 g/mol. The second kappa shape index (κ2) is 7.57. The number of nitrogens with one attached hydrogen (secondary N) is 1. The van der Waals surface area contributed by atoms with E-state index in [9.17, 15) is 9.50 Å². The third-order valence-electron chi connectivity index (χ3n) is 3.58. The molecule has 20 heavy (non-hydrogen) atoms. The van der Waals surface area contributed by atoms with Crippen LogP contribution in [-0.4, -0.2) is 44.6 Å². The van der Waals surface area contributed by atoms with Gasteiger partial charge in [0.15, 0.2) is 0 Å². The second-order valence-corrected chi connectivity index (χ2v) is 5.16. The summed E-state index contributed by atoms with van der Waals surface area (Å²) in [5, 5.41) is 13.0. The van der Waals surface area contributed by atoms with Gasteiger partial charge in [-0.1, -0.05) is 12.1 Å². The molecule has 1 fully saturated rings. The molecule has 1 heterocycles. The summed E-state index contributed by atoms with van der Waals surface area (Å²) in [7, 11) is 1.66. The summed E-state index contributed by atoms with van der Waals surface area (Å²) in [5.41, 5.74) is 1.55. The molecule has 1 aliphatic rings. The zero-order valence-corrected chi connectivity index (χ0v) is 11.9. The van der Waals surface area contributed by atoms with Gasteiger partial charge in [-0.2, -0.15) is 0 Å². The van der Waals surface area contributed by atoms with Crippen molar-refractivity contribution in [3.05, 3.63) is 29.6 Å². The van der Waals surface area contributed by atoms with Crippen molar-refractivity contribution in [3.63, 3.8) is 0 Å². The Kier molecular flexibility index (Phi) is 5.76. The highest BCUT2D eigenvalue weighted by atomic mass is 19.1. The number of aliphatic hydroxyl groups excluding tert-OH is 1. The van der Waals surface area contributed by atoms with Crippen LogP contribution in [0.15, 0.2) is 18.2 Å². The zero-order chi connectivity index (χ0) is 14.4. The Morgan fingerprint density at radius 2 is 2.35 bits per heavy atom. The topological polar surface area (TPSA) is 44.7 Å². The van der Waals surface area contributed by atoms with Gasteiger partial charge in [0.25, 0.3) is 0 Å². The Morgan fingerprint density at radius 3 is 3.10 bits per heavy atom. The number of nitrogens with zero attached hydrogens (tertiary/aromatic N) is 1. The van der Waals surface area contributed by atoms with Crippen LogP contribution < -0.4 is 10.2 Å². The molecule has 1 saturated heterocycles. The molecule has 2 N–H and O–H groups in total. The highest BCUT2D eigenvalue weighted by Crippen LogP contribution is 2.27. The molecule has 1 unspecified atom stereocenters. The number of ether oxygens (including phenoxy) is 1. The number of hydrogen-bond donors (Lipinski definition) is 2. The van der Waals surface area contributed by atoms with Gasteiger partial charge in [-0.05, 0) is 24.5 Å². The summed E-state index contributed by atoms with van der Waals surface area (Å²) in [5.74, 6) is -0.217. The molecular formula is C15H23FN2O2. The molecule has 1 aliphatic heterocycles. The molecule has 0 aliphatic carbocycles. The maximum atomic E-state index is 14.2. The molecule has 0 amide bonds. The fraction of sp³-hybridized carbons (Fsp3) is 0.600. The highest BCUT2D eigenvalue weighted by molar-refractivity contribution is 5.55. The van der Waals surface area contributed by atoms with Crippen molar-refractivity contribution in [3.8, 4) is 0 Å². The Labute approximate surface area is 119 Å². The summed E-state index contributed by atoms with van der Waals surface area (Å²) < 4.78 is 19.1. The number of hydrogen-bond acceptors (Lipinski definition) is 4. The monoisotopic (exact) mass is 282 g/mol. The molecule has 1 aromatic carbocycles. The Morgan fingerprint density at radius 1 is 1.50 bits per heavy atom. The van der Waals surface area contributed by atoms with Gasteiger partial charge in [0.05, 0.1) is 18.4 Å². The lowest BCUT2D eigenvalue weighted by atomic mass is 10.0. The number of benzene rings is 1. The maximum absolute atomic E-state index is 14.2. The van der Waals surface area contributed by atoms with E-state index >= 15 is 0 Å². The lowest BCUT2D eigenvalue weighted by Crippen LogP contribution is -2.39. The molecule has 2 rings (SSSR count). The number of β-amino-alcohol motifs (C(OH)–C–C–N with tert-alkyl or cyclic N) is 1. The predicted molar refractivity (Wildman–Crippen MR) is 77.4 cm³/mol. The SMILES string of the molecule is COCCNCc1cccc(F)c1N1CCCC(O)C1. The van der Waals surface area contributed by atoms with Crippen LogP contribution in [0.3, 0.4) is 0 Å². The van der Waals surface area contributed by atoms with Gasteiger partial charge in [-0.15, -0.1) is 0 Å². The van der Waals surface area contributed by atoms with Gasteiger partial charge < -0.3 is 20.1 Å². The number of piperidine rings is 1. The van der Waals surface area contributed by atoms with Crippen molar-refractivity contribution in [2.24, 2.45) is 0 Å². The minimum atomic E-state index is -0.363. The second-order valence-electron chi connectivity index (χ2n) is 5.16. The lowest BCUT2D eigenvalue weighted by Gasteiger charge is -2.33. The van der Waals surface area contributed by atoms with Crippen LogP contribution in [0.5, 0.6) is 0 Å². The molecule has 0 radical (unpaired) electrons. The summed E-state index contributed by atoms with van der Waals surface area (Å²) in [4.78, 5) is 1.96. The van der Waals surface area contributed by atoms with Crippen LogP contribution in [0.25, 0.3) is 0 Å². The van der Waals surface area contributed by atoms with Crippen LogP contribution in [0, 0.1) is 5.82 Å². The number of halogens is 1. The van der Waals surface area contributed by atoms with E-state index in [4.69, 9.17) is 4.74 Å². The van der Waals surface area contributed by atoms with Gasteiger partial charge >= 0.3 is 0 Å². The minimum Gasteiger partial charge on any atom is -0.391 e. The van der Waals surface area contributed by atoms with Crippen LogP contribution in [0.2, 0.25) is 0 Å². The standard InChI is InChI=1S/C15H23FN2O2/c1-20-9-7-17-10-12-4-2-6-14(16)15(12)18-8-3-5-13(19)11-18/h2,4,6,13,17,19H,3,5,7-11H2,1H3. The van der Waals surface area contributed by atoms with E-state index < -0.39 is 0 Å². The lowest BCUT2D eigenvalue weighted by molar-refractivity contribution is 0.154. The van der Waals surface area contributed by atoms with Gasteiger partial charge in [0, 0.05) is 33.3 Å². The molecule has 0 saturated carbocycles. The molecule has 0 bridgehead atoms. The smallest absolute Gasteiger partial charge is 0.146 e. The van der Waals surface area contributed by atoms with Gasteiger partial charge in [-0.3, -0.25) is 0 Å². The van der Waals surface area contributed by atoms with Gasteiger partial charge in [0.2, 0.25) is 0 Å². The van der Waals surface area contributed by atoms with Crippen molar-refractivity contribution >= 4 is 5.69 Å². The molecule has 1 aromatic rings. The first-order valence-corrected chi connectivity index (χ1v) is 7.12. The van der Waals surface area contributed by atoms with E-state index in [1.54, 1.807) is 13.2 Å². The van der Waals surface area contributed by atoms with Crippen molar-refractivity contribution < 1.29 is 14.2 Å². The normalized spacial score (nSPS) is 19.4. The fourth-order valence-electron chi connectivity index (χ4n) is 2.61. The number of aliphatic hydroxyl groups is 1. The van der Waals surface area contributed by atoms with E-state index in [2.05, 4.69) is 5.32 Å². The Hall–Kier alpha value is -1.17. The molecule has 0 aromatic heterocycles. The highest BCUT2D eigenvalue weighted by Gasteiger charge is 2.22. The minimum absolute atomic E-state index is 0.217. The van der Waals surface area contributed by atoms with E-state index in [0.717, 1.165) is 31.5 Å². The summed E-state index contributed by atoms with van der Waals surface area (Å²) in [6.07, 6.45) is 1.33. The maximum Gasteiger partial charge on any atom is 0.146 e. The summed E-state index contributed by atoms with van der Waals surface area (Å²) in [6.45, 7) is 3.26. The van der Waals surface area contributed by atoms with Crippen LogP contribution in [0.4, 0.5) is 10.1 Å². The first-order valence-electron chi connectivity index (χ1n) is 7.12. The third kappa shape index (κ3) is 3.91. The van der Waals surface area contributed by atoms with Crippen LogP contribution >= 0.6 is 0 Å². The Balaban J connectivity index is 2.09. The number of rotatable bonds is 6. The molecule has 0 spiro atoms. The van der Waals surface area contributed by atoms with Gasteiger partial charge in [-0.25, -0.2) is 4.39 Å². The average Bonchev–Trinajstić information content (AvgIpc) is 2.44. The largest absolute Gasteiger partial charge is 0.391 e. The van der Waals surface area contributed by atoms with Crippen LogP contribution in [-0.2, 0) is 11.3 Å². The number of anilines is 1. The van der Waals surface area contributed by atoms with E-state index in [-0.39, 0.29) is 11.9 Å². The van der Waals surface area contributed by atoms with Crippen molar-refractivity contribution in [1.82, 2.24) is 5.32 Å². The van der Waals surface area contributed by atoms with Crippen LogP contribution in [0.1, 0.15) is 18.4 Å². The summed E-state index contributed by atoms with van der Waals surface area (Å²) >= 11 is 0. The third-order valence-corrected chi connectivity index (χ3v) is 3.58. The predicted octanol–water partition coefficient (Wildman–Crippen LogP) is 1.52. The van der Waals surface area contributed by atoms with Crippen molar-refractivity contribution in [1.29, 1.82) is 0 Å². The van der Waals surface area contributed by atoms with E-state index in [0.29, 0.717) is 25.4 Å². The van der Waals surface area contributed by atoms with E-state index in [1.165, 1.54) is 6.07 Å². The fourth-order valence-corrected chi connectivity index (χ4v) is 2.61. The Bertz CT molecular complexity index is 428. The summed E-state index contributed by atoms with van der Waals surface area (Å²) in [6, 6.07) is 5.14. The first kappa shape index (κ1) is 15.2. The first-order chi connectivity index (χ1) is 9.72. The van der Waals surface area contributed by atoms with E-state index in [1.807, 2.05) is 11.0 Å². The molecule has 4 nitrogen and oxygen atoms in total. The average molecular weight is 282 g/mol. The zero-order valence-electron chi connectivity index (χ0n) is 11.9. The molecule has 112 valence electrons. The van der Waals surface area contributed by atoms with Crippen molar-refractivity contribution in [2.45, 2.75) is 25.5 Å². The molecule has 5 heteroatoms. The van der Waals surface area contributed by atoms with Crippen molar-refractivity contribution in [2.75, 3.05) is 38.3 Å². The quantitative estimate of drug-likeness (QED) is 0.777. The number of para-hydroxylation sites is 1.